The van der Waals surface area contributed by atoms with Crippen LogP contribution < -0.4 is 9.47 Å². The van der Waals surface area contributed by atoms with Gasteiger partial charge in [-0.1, -0.05) is 42.5 Å². The van der Waals surface area contributed by atoms with E-state index < -0.39 is 6.10 Å². The van der Waals surface area contributed by atoms with Crippen molar-refractivity contribution in [2.24, 2.45) is 0 Å². The van der Waals surface area contributed by atoms with Crippen LogP contribution in [0.5, 0.6) is 11.5 Å². The molecule has 1 atom stereocenters. The predicted octanol–water partition coefficient (Wildman–Crippen LogP) is 3.20. The molecule has 1 N–H and O–H groups in total. The maximum atomic E-state index is 10.0. The van der Waals surface area contributed by atoms with Crippen molar-refractivity contribution in [2.45, 2.75) is 13.0 Å². The van der Waals surface area contributed by atoms with Gasteiger partial charge < -0.3 is 14.6 Å². The highest BCUT2D eigenvalue weighted by Crippen LogP contribution is 2.27. The number of rotatable bonds is 6. The van der Waals surface area contributed by atoms with Crippen LogP contribution in [0.25, 0.3) is 0 Å². The Morgan fingerprint density at radius 1 is 0.895 bits per heavy atom. The lowest BCUT2D eigenvalue weighted by Crippen LogP contribution is -2.10. The highest BCUT2D eigenvalue weighted by molar-refractivity contribution is 5.39. The van der Waals surface area contributed by atoms with Crippen LogP contribution in [0.2, 0.25) is 0 Å². The quantitative estimate of drug-likeness (QED) is 0.864. The zero-order valence-corrected chi connectivity index (χ0v) is 11.0. The highest BCUT2D eigenvalue weighted by Gasteiger charge is 2.10. The van der Waals surface area contributed by atoms with Gasteiger partial charge in [-0.05, 0) is 24.6 Å². The van der Waals surface area contributed by atoms with Gasteiger partial charge in [0.2, 0.25) is 0 Å². The third-order valence-electron chi connectivity index (χ3n) is 2.73. The summed E-state index contributed by atoms with van der Waals surface area (Å²) in [7, 11) is 0. The second-order valence-corrected chi connectivity index (χ2v) is 4.12. The van der Waals surface area contributed by atoms with Crippen molar-refractivity contribution in [2.75, 3.05) is 13.2 Å². The first-order valence-electron chi connectivity index (χ1n) is 6.39. The summed E-state index contributed by atoms with van der Waals surface area (Å²) in [6.07, 6.45) is -0.643. The summed E-state index contributed by atoms with van der Waals surface area (Å²) in [5.41, 5.74) is 0.844. The summed E-state index contributed by atoms with van der Waals surface area (Å²) >= 11 is 0. The Kier molecular flexibility index (Phi) is 4.81. The average molecular weight is 258 g/mol. The number of aliphatic hydroxyl groups excluding tert-OH is 1. The fourth-order valence-corrected chi connectivity index (χ4v) is 1.78. The van der Waals surface area contributed by atoms with Gasteiger partial charge >= 0.3 is 0 Å². The van der Waals surface area contributed by atoms with E-state index in [-0.39, 0.29) is 6.61 Å². The van der Waals surface area contributed by atoms with Crippen molar-refractivity contribution in [3.63, 3.8) is 0 Å². The maximum absolute atomic E-state index is 10.0. The van der Waals surface area contributed by atoms with Crippen molar-refractivity contribution in [1.29, 1.82) is 0 Å². The Balaban J connectivity index is 1.99. The molecule has 2 rings (SSSR count). The number of ether oxygens (including phenoxy) is 2. The van der Waals surface area contributed by atoms with Crippen molar-refractivity contribution in [1.82, 2.24) is 0 Å². The summed E-state index contributed by atoms with van der Waals surface area (Å²) in [6, 6.07) is 16.9. The van der Waals surface area contributed by atoms with Crippen molar-refractivity contribution in [3.05, 3.63) is 60.2 Å². The Hall–Kier alpha value is -2.00. The van der Waals surface area contributed by atoms with Crippen molar-refractivity contribution < 1.29 is 14.6 Å². The minimum atomic E-state index is -0.643. The van der Waals surface area contributed by atoms with Crippen LogP contribution in [0.15, 0.2) is 54.6 Å². The van der Waals surface area contributed by atoms with Gasteiger partial charge in [0.15, 0.2) is 11.5 Å². The summed E-state index contributed by atoms with van der Waals surface area (Å²) in [6.45, 7) is 2.71. The van der Waals surface area contributed by atoms with Gasteiger partial charge in [0, 0.05) is 0 Å². The fourth-order valence-electron chi connectivity index (χ4n) is 1.78. The minimum Gasteiger partial charge on any atom is -0.490 e. The zero-order chi connectivity index (χ0) is 13.5. The van der Waals surface area contributed by atoms with E-state index in [0.717, 1.165) is 5.56 Å². The van der Waals surface area contributed by atoms with Gasteiger partial charge in [-0.3, -0.25) is 0 Å². The topological polar surface area (TPSA) is 38.7 Å². The molecule has 19 heavy (non-hydrogen) atoms. The molecule has 3 heteroatoms. The second kappa shape index (κ2) is 6.81. The van der Waals surface area contributed by atoms with E-state index in [4.69, 9.17) is 9.47 Å². The molecule has 0 bridgehead atoms. The van der Waals surface area contributed by atoms with E-state index in [1.165, 1.54) is 0 Å². The molecule has 0 fully saturated rings. The summed E-state index contributed by atoms with van der Waals surface area (Å²) < 4.78 is 11.1. The van der Waals surface area contributed by atoms with Gasteiger partial charge in [-0.25, -0.2) is 0 Å². The lowest BCUT2D eigenvalue weighted by Gasteiger charge is -2.15. The molecule has 2 aromatic carbocycles. The van der Waals surface area contributed by atoms with E-state index in [2.05, 4.69) is 0 Å². The van der Waals surface area contributed by atoms with E-state index in [0.29, 0.717) is 18.1 Å². The normalized spacial score (nSPS) is 11.9. The number of benzene rings is 2. The number of hydrogen-bond acceptors (Lipinski definition) is 3. The number of hydrogen-bond donors (Lipinski definition) is 1. The lowest BCUT2D eigenvalue weighted by atomic mass is 10.1. The van der Waals surface area contributed by atoms with Crippen LogP contribution in [0.3, 0.4) is 0 Å². The van der Waals surface area contributed by atoms with Crippen LogP contribution in [0.1, 0.15) is 18.6 Å². The largest absolute Gasteiger partial charge is 0.490 e. The molecule has 0 saturated carbocycles. The number of aliphatic hydroxyl groups is 1. The molecule has 100 valence electrons. The third-order valence-corrected chi connectivity index (χ3v) is 2.73. The Morgan fingerprint density at radius 3 is 2.11 bits per heavy atom. The van der Waals surface area contributed by atoms with E-state index >= 15 is 0 Å². The smallest absolute Gasteiger partial charge is 0.161 e. The Bertz CT molecular complexity index is 496. The molecule has 0 heterocycles. The zero-order valence-electron chi connectivity index (χ0n) is 11.0. The van der Waals surface area contributed by atoms with Crippen LogP contribution in [-0.4, -0.2) is 18.3 Å². The fraction of sp³-hybridized carbons (Fsp3) is 0.250. The Labute approximate surface area is 113 Å². The van der Waals surface area contributed by atoms with Crippen molar-refractivity contribution in [3.8, 4) is 11.5 Å². The second-order valence-electron chi connectivity index (χ2n) is 4.12. The highest BCUT2D eigenvalue weighted by atomic mass is 16.5. The molecule has 0 aliphatic heterocycles. The molecule has 0 aliphatic rings. The summed E-state index contributed by atoms with van der Waals surface area (Å²) in [5, 5.41) is 10.0. The van der Waals surface area contributed by atoms with Gasteiger partial charge in [0.05, 0.1) is 6.61 Å². The molecule has 2 aromatic rings. The monoisotopic (exact) mass is 258 g/mol. The number of para-hydroxylation sites is 2. The summed E-state index contributed by atoms with van der Waals surface area (Å²) in [5.74, 6) is 1.35. The van der Waals surface area contributed by atoms with Crippen molar-refractivity contribution >= 4 is 0 Å². The molecule has 0 radical (unpaired) electrons. The van der Waals surface area contributed by atoms with Crippen LogP contribution >= 0.6 is 0 Å². The molecule has 0 aromatic heterocycles. The van der Waals surface area contributed by atoms with Crippen LogP contribution in [0.4, 0.5) is 0 Å². The van der Waals surface area contributed by atoms with Gasteiger partial charge in [-0.2, -0.15) is 0 Å². The van der Waals surface area contributed by atoms with E-state index in [1.807, 2.05) is 61.5 Å². The minimum absolute atomic E-state index is 0.202. The first kappa shape index (κ1) is 13.4. The Morgan fingerprint density at radius 2 is 1.47 bits per heavy atom. The predicted molar refractivity (Wildman–Crippen MR) is 74.5 cm³/mol. The van der Waals surface area contributed by atoms with E-state index in [1.54, 1.807) is 0 Å². The molecular formula is C16H18O3. The standard InChI is InChI=1S/C16H18O3/c1-2-18-15-10-6-7-11-16(15)19-12-14(17)13-8-4-3-5-9-13/h3-11,14,17H,2,12H2,1H3. The van der Waals surface area contributed by atoms with Gasteiger partial charge in [-0.15, -0.1) is 0 Å². The molecule has 0 amide bonds. The molecule has 1 unspecified atom stereocenters. The molecule has 3 nitrogen and oxygen atoms in total. The first-order chi connectivity index (χ1) is 9.31. The average Bonchev–Trinajstić information content (AvgIpc) is 2.47. The SMILES string of the molecule is CCOc1ccccc1OCC(O)c1ccccc1. The maximum Gasteiger partial charge on any atom is 0.161 e. The van der Waals surface area contributed by atoms with Crippen LogP contribution in [0, 0.1) is 0 Å². The molecule has 0 saturated heterocycles. The molecule has 0 spiro atoms. The third kappa shape index (κ3) is 3.73. The van der Waals surface area contributed by atoms with Crippen LogP contribution in [-0.2, 0) is 0 Å². The molecule has 0 aliphatic carbocycles. The molecular weight excluding hydrogens is 240 g/mol. The van der Waals surface area contributed by atoms with E-state index in [9.17, 15) is 5.11 Å². The van der Waals surface area contributed by atoms with Gasteiger partial charge in [0.25, 0.3) is 0 Å². The first-order valence-corrected chi connectivity index (χ1v) is 6.39. The van der Waals surface area contributed by atoms with Gasteiger partial charge in [0.1, 0.15) is 12.7 Å². The lowest BCUT2D eigenvalue weighted by molar-refractivity contribution is 0.106. The summed E-state index contributed by atoms with van der Waals surface area (Å²) in [4.78, 5) is 0.